The van der Waals surface area contributed by atoms with Crippen LogP contribution in [0.25, 0.3) is 0 Å². The van der Waals surface area contributed by atoms with Crippen molar-refractivity contribution >= 4 is 5.91 Å². The minimum Gasteiger partial charge on any atom is -0.348 e. The van der Waals surface area contributed by atoms with E-state index in [1.165, 1.54) is 0 Å². The van der Waals surface area contributed by atoms with Crippen molar-refractivity contribution in [3.63, 3.8) is 0 Å². The number of hydrogen-bond donors (Lipinski definition) is 2. The minimum atomic E-state index is -0.157. The number of carbonyl (C=O) groups is 1. The van der Waals surface area contributed by atoms with Crippen molar-refractivity contribution in [2.75, 3.05) is 0 Å². The summed E-state index contributed by atoms with van der Waals surface area (Å²) < 4.78 is 0. The van der Waals surface area contributed by atoms with E-state index in [9.17, 15) is 9.59 Å². The second kappa shape index (κ2) is 5.95. The molecule has 1 aromatic heterocycles. The van der Waals surface area contributed by atoms with Crippen LogP contribution in [-0.2, 0) is 6.54 Å². The Labute approximate surface area is 124 Å². The van der Waals surface area contributed by atoms with Crippen LogP contribution in [0.4, 0.5) is 0 Å². The molecular formula is C17H20N2O2. The number of amides is 1. The number of aromatic amines is 1. The predicted molar refractivity (Wildman–Crippen MR) is 83.6 cm³/mol. The largest absolute Gasteiger partial charge is 0.348 e. The third-order valence-electron chi connectivity index (χ3n) is 3.56. The average molecular weight is 284 g/mol. The number of rotatable bonds is 3. The molecule has 110 valence electrons. The summed E-state index contributed by atoms with van der Waals surface area (Å²) in [6.07, 6.45) is 0. The summed E-state index contributed by atoms with van der Waals surface area (Å²) in [5.74, 6) is -0.157. The summed E-state index contributed by atoms with van der Waals surface area (Å²) in [6.45, 7) is 7.80. The van der Waals surface area contributed by atoms with Gasteiger partial charge in [-0.25, -0.2) is 0 Å². The fraction of sp³-hybridized carbons (Fsp3) is 0.294. The standard InChI is InChI=1S/C17H20N2O2/c1-10-5-6-11(2)14(7-10)16(20)18-9-15-12(3)8-13(4)19-17(15)21/h5-8H,9H2,1-4H3,(H,18,20)(H,19,21). The van der Waals surface area contributed by atoms with Gasteiger partial charge in [0.25, 0.3) is 11.5 Å². The van der Waals surface area contributed by atoms with E-state index >= 15 is 0 Å². The first-order valence-corrected chi connectivity index (χ1v) is 6.93. The Hall–Kier alpha value is -2.36. The fourth-order valence-electron chi connectivity index (χ4n) is 2.35. The highest BCUT2D eigenvalue weighted by Crippen LogP contribution is 2.11. The van der Waals surface area contributed by atoms with Crippen LogP contribution in [0.3, 0.4) is 0 Å². The van der Waals surface area contributed by atoms with Crippen LogP contribution >= 0.6 is 0 Å². The zero-order valence-corrected chi connectivity index (χ0v) is 12.8. The molecule has 4 nitrogen and oxygen atoms in total. The number of carbonyl (C=O) groups excluding carboxylic acids is 1. The van der Waals surface area contributed by atoms with Crippen LogP contribution in [-0.4, -0.2) is 10.9 Å². The Balaban J connectivity index is 2.19. The SMILES string of the molecule is Cc1ccc(C)c(C(=O)NCc2c(C)cc(C)[nH]c2=O)c1. The molecule has 0 aliphatic rings. The van der Waals surface area contributed by atoms with Gasteiger partial charge in [-0.1, -0.05) is 17.7 Å². The predicted octanol–water partition coefficient (Wildman–Crippen LogP) is 2.54. The van der Waals surface area contributed by atoms with E-state index in [1.807, 2.05) is 52.0 Å². The molecule has 1 heterocycles. The van der Waals surface area contributed by atoms with Gasteiger partial charge in [0, 0.05) is 23.4 Å². The number of H-pyrrole nitrogens is 1. The van der Waals surface area contributed by atoms with Gasteiger partial charge in [-0.05, 0) is 51.0 Å². The third-order valence-corrected chi connectivity index (χ3v) is 3.56. The summed E-state index contributed by atoms with van der Waals surface area (Å²) in [5, 5.41) is 2.83. The van der Waals surface area contributed by atoms with E-state index < -0.39 is 0 Å². The van der Waals surface area contributed by atoms with Crippen LogP contribution in [0.15, 0.2) is 29.1 Å². The first-order valence-electron chi connectivity index (χ1n) is 6.93. The molecule has 2 aromatic rings. The van der Waals surface area contributed by atoms with Gasteiger partial charge in [-0.15, -0.1) is 0 Å². The van der Waals surface area contributed by atoms with E-state index in [-0.39, 0.29) is 18.0 Å². The van der Waals surface area contributed by atoms with Gasteiger partial charge < -0.3 is 10.3 Å². The van der Waals surface area contributed by atoms with E-state index in [1.54, 1.807) is 0 Å². The Kier molecular flexibility index (Phi) is 4.26. The Morgan fingerprint density at radius 1 is 1.10 bits per heavy atom. The lowest BCUT2D eigenvalue weighted by atomic mass is 10.0. The fourth-order valence-corrected chi connectivity index (χ4v) is 2.35. The molecule has 0 atom stereocenters. The topological polar surface area (TPSA) is 62.0 Å². The maximum Gasteiger partial charge on any atom is 0.253 e. The number of hydrogen-bond acceptors (Lipinski definition) is 2. The van der Waals surface area contributed by atoms with Gasteiger partial charge in [0.2, 0.25) is 0 Å². The van der Waals surface area contributed by atoms with Gasteiger partial charge in [0.05, 0.1) is 0 Å². The van der Waals surface area contributed by atoms with Gasteiger partial charge in [0.15, 0.2) is 0 Å². The second-order valence-electron chi connectivity index (χ2n) is 5.44. The van der Waals surface area contributed by atoms with Crippen molar-refractivity contribution < 1.29 is 4.79 Å². The summed E-state index contributed by atoms with van der Waals surface area (Å²) in [7, 11) is 0. The summed E-state index contributed by atoms with van der Waals surface area (Å²) in [4.78, 5) is 26.9. The monoisotopic (exact) mass is 284 g/mol. The number of pyridine rings is 1. The van der Waals surface area contributed by atoms with Crippen LogP contribution < -0.4 is 10.9 Å². The molecule has 0 unspecified atom stereocenters. The highest BCUT2D eigenvalue weighted by Gasteiger charge is 2.11. The number of aromatic nitrogens is 1. The van der Waals surface area contributed by atoms with Gasteiger partial charge >= 0.3 is 0 Å². The highest BCUT2D eigenvalue weighted by atomic mass is 16.1. The van der Waals surface area contributed by atoms with Crippen molar-refractivity contribution in [2.45, 2.75) is 34.2 Å². The molecule has 4 heteroatoms. The molecule has 0 saturated carbocycles. The Morgan fingerprint density at radius 2 is 1.81 bits per heavy atom. The molecule has 0 spiro atoms. The van der Waals surface area contributed by atoms with Crippen molar-refractivity contribution in [3.8, 4) is 0 Å². The van der Waals surface area contributed by atoms with Gasteiger partial charge in [-0.2, -0.15) is 0 Å². The molecule has 2 rings (SSSR count). The minimum absolute atomic E-state index is 0.145. The summed E-state index contributed by atoms with van der Waals surface area (Å²) in [6, 6.07) is 7.66. The molecule has 0 aliphatic carbocycles. The molecule has 0 saturated heterocycles. The lowest BCUT2D eigenvalue weighted by molar-refractivity contribution is 0.0950. The molecular weight excluding hydrogens is 264 g/mol. The van der Waals surface area contributed by atoms with Crippen molar-refractivity contribution in [3.05, 3.63) is 68.1 Å². The molecule has 2 N–H and O–H groups in total. The first-order chi connectivity index (χ1) is 9.88. The summed E-state index contributed by atoms with van der Waals surface area (Å²) in [5.41, 5.74) is 4.77. The Bertz CT molecular complexity index is 745. The number of nitrogens with one attached hydrogen (secondary N) is 2. The average Bonchev–Trinajstić information content (AvgIpc) is 2.40. The van der Waals surface area contributed by atoms with E-state index in [2.05, 4.69) is 10.3 Å². The number of benzene rings is 1. The van der Waals surface area contributed by atoms with Crippen molar-refractivity contribution in [2.24, 2.45) is 0 Å². The van der Waals surface area contributed by atoms with Gasteiger partial charge in [-0.3, -0.25) is 9.59 Å². The van der Waals surface area contributed by atoms with Gasteiger partial charge in [0.1, 0.15) is 0 Å². The zero-order valence-electron chi connectivity index (χ0n) is 12.8. The number of aryl methyl sites for hydroxylation is 4. The zero-order chi connectivity index (χ0) is 15.6. The van der Waals surface area contributed by atoms with Crippen molar-refractivity contribution in [1.82, 2.24) is 10.3 Å². The van der Waals surface area contributed by atoms with Crippen LogP contribution in [0.5, 0.6) is 0 Å². The smallest absolute Gasteiger partial charge is 0.253 e. The second-order valence-corrected chi connectivity index (χ2v) is 5.44. The molecule has 1 amide bonds. The van der Waals surface area contributed by atoms with Crippen LogP contribution in [0.2, 0.25) is 0 Å². The lowest BCUT2D eigenvalue weighted by Crippen LogP contribution is -2.28. The van der Waals surface area contributed by atoms with Crippen molar-refractivity contribution in [1.29, 1.82) is 0 Å². The van der Waals surface area contributed by atoms with Crippen LogP contribution in [0.1, 0.15) is 38.3 Å². The first kappa shape index (κ1) is 15.0. The Morgan fingerprint density at radius 3 is 2.48 bits per heavy atom. The molecule has 0 bridgehead atoms. The van der Waals surface area contributed by atoms with Crippen LogP contribution in [0, 0.1) is 27.7 Å². The van der Waals surface area contributed by atoms with E-state index in [4.69, 9.17) is 0 Å². The molecule has 0 radical (unpaired) electrons. The third kappa shape index (κ3) is 3.40. The maximum absolute atomic E-state index is 12.3. The molecule has 0 aliphatic heterocycles. The quantitative estimate of drug-likeness (QED) is 0.910. The molecule has 0 fully saturated rings. The maximum atomic E-state index is 12.3. The molecule has 21 heavy (non-hydrogen) atoms. The lowest BCUT2D eigenvalue weighted by Gasteiger charge is -2.10. The normalized spacial score (nSPS) is 10.5. The summed E-state index contributed by atoms with van der Waals surface area (Å²) >= 11 is 0. The highest BCUT2D eigenvalue weighted by molar-refractivity contribution is 5.95. The molecule has 1 aromatic carbocycles. The van der Waals surface area contributed by atoms with E-state index in [0.717, 1.165) is 22.4 Å². The van der Waals surface area contributed by atoms with E-state index in [0.29, 0.717) is 11.1 Å².